The van der Waals surface area contributed by atoms with Crippen LogP contribution in [0.25, 0.3) is 0 Å². The summed E-state index contributed by atoms with van der Waals surface area (Å²) in [5.41, 5.74) is 3.26. The average molecular weight is 229 g/mol. The zero-order chi connectivity index (χ0) is 11.5. The van der Waals surface area contributed by atoms with E-state index in [1.54, 1.807) is 11.1 Å². The third-order valence-electron chi connectivity index (χ3n) is 4.25. The maximum Gasteiger partial charge on any atom is 0.00702 e. The molecule has 0 spiro atoms. The summed E-state index contributed by atoms with van der Waals surface area (Å²) in [4.78, 5) is 0. The van der Waals surface area contributed by atoms with Gasteiger partial charge in [0.15, 0.2) is 0 Å². The minimum atomic E-state index is 0.774. The van der Waals surface area contributed by atoms with Gasteiger partial charge >= 0.3 is 0 Å². The van der Waals surface area contributed by atoms with E-state index in [1.165, 1.54) is 51.5 Å². The van der Waals surface area contributed by atoms with Crippen LogP contribution in [0.3, 0.4) is 0 Å². The van der Waals surface area contributed by atoms with Gasteiger partial charge in [0.05, 0.1) is 0 Å². The van der Waals surface area contributed by atoms with E-state index in [1.807, 2.05) is 0 Å². The van der Waals surface area contributed by atoms with Gasteiger partial charge in [-0.3, -0.25) is 0 Å². The Bertz CT molecular complexity index is 362. The van der Waals surface area contributed by atoms with Crippen molar-refractivity contribution in [3.8, 4) is 0 Å². The standard InChI is InChI=1S/C16H23N/c1-2-7-16(14-8-9-14)13(5-1)10-11-15-6-3-4-12-17-15/h1-2,5,7,14-15,17H,3-4,6,8-12H2. The Morgan fingerprint density at radius 1 is 1.06 bits per heavy atom. The molecule has 3 rings (SSSR count). The summed E-state index contributed by atoms with van der Waals surface area (Å²) in [6.45, 7) is 1.23. The van der Waals surface area contributed by atoms with Gasteiger partial charge in [-0.15, -0.1) is 0 Å². The van der Waals surface area contributed by atoms with E-state index in [0.29, 0.717) is 0 Å². The second kappa shape index (κ2) is 5.22. The SMILES string of the molecule is c1ccc(C2CC2)c(CCC2CCCCN2)c1. The minimum Gasteiger partial charge on any atom is -0.314 e. The predicted octanol–water partition coefficient (Wildman–Crippen LogP) is 3.64. The van der Waals surface area contributed by atoms with Crippen molar-refractivity contribution in [3.05, 3.63) is 35.4 Å². The van der Waals surface area contributed by atoms with Crippen molar-refractivity contribution < 1.29 is 0 Å². The second-order valence-electron chi connectivity index (χ2n) is 5.66. The van der Waals surface area contributed by atoms with Crippen LogP contribution in [-0.4, -0.2) is 12.6 Å². The topological polar surface area (TPSA) is 12.0 Å². The quantitative estimate of drug-likeness (QED) is 0.831. The van der Waals surface area contributed by atoms with E-state index >= 15 is 0 Å². The van der Waals surface area contributed by atoms with Crippen molar-refractivity contribution in [3.63, 3.8) is 0 Å². The van der Waals surface area contributed by atoms with E-state index in [2.05, 4.69) is 29.6 Å². The monoisotopic (exact) mass is 229 g/mol. The van der Waals surface area contributed by atoms with Crippen LogP contribution in [0.1, 0.15) is 55.6 Å². The largest absolute Gasteiger partial charge is 0.314 e. The normalized spacial score (nSPS) is 24.8. The molecule has 1 aliphatic heterocycles. The summed E-state index contributed by atoms with van der Waals surface area (Å²) >= 11 is 0. The van der Waals surface area contributed by atoms with Crippen LogP contribution in [0.4, 0.5) is 0 Å². The number of hydrogen-bond acceptors (Lipinski definition) is 1. The Morgan fingerprint density at radius 2 is 1.94 bits per heavy atom. The molecular formula is C16H23N. The Hall–Kier alpha value is -0.820. The van der Waals surface area contributed by atoms with Crippen molar-refractivity contribution in [1.29, 1.82) is 0 Å². The molecule has 0 radical (unpaired) electrons. The summed E-state index contributed by atoms with van der Waals surface area (Å²) in [5, 5.41) is 3.65. The third kappa shape index (κ3) is 2.90. The van der Waals surface area contributed by atoms with Gasteiger partial charge in [-0.2, -0.15) is 0 Å². The molecule has 92 valence electrons. The summed E-state index contributed by atoms with van der Waals surface area (Å²) in [6, 6.07) is 9.87. The fourth-order valence-electron chi connectivity index (χ4n) is 3.05. The highest BCUT2D eigenvalue weighted by Gasteiger charge is 2.25. The molecule has 0 aromatic heterocycles. The highest BCUT2D eigenvalue weighted by molar-refractivity contribution is 5.33. The molecule has 1 N–H and O–H groups in total. The molecule has 1 saturated carbocycles. The zero-order valence-corrected chi connectivity index (χ0v) is 10.6. The molecule has 0 bridgehead atoms. The summed E-state index contributed by atoms with van der Waals surface area (Å²) in [7, 11) is 0. The van der Waals surface area contributed by atoms with E-state index < -0.39 is 0 Å². The average Bonchev–Trinajstić information content (AvgIpc) is 3.22. The van der Waals surface area contributed by atoms with Gasteiger partial charge in [0.2, 0.25) is 0 Å². The van der Waals surface area contributed by atoms with Crippen molar-refractivity contribution >= 4 is 0 Å². The first-order valence-electron chi connectivity index (χ1n) is 7.24. The zero-order valence-electron chi connectivity index (χ0n) is 10.6. The smallest absolute Gasteiger partial charge is 0.00702 e. The molecule has 1 saturated heterocycles. The fourth-order valence-corrected chi connectivity index (χ4v) is 3.05. The van der Waals surface area contributed by atoms with Gasteiger partial charge in [0.1, 0.15) is 0 Å². The first-order chi connectivity index (χ1) is 8.43. The number of hydrogen-bond donors (Lipinski definition) is 1. The molecule has 1 heterocycles. The Balaban J connectivity index is 1.60. The Labute approximate surface area is 105 Å². The van der Waals surface area contributed by atoms with Gasteiger partial charge in [0, 0.05) is 6.04 Å². The molecule has 1 heteroatoms. The molecule has 1 aromatic carbocycles. The van der Waals surface area contributed by atoms with Crippen LogP contribution in [0.5, 0.6) is 0 Å². The second-order valence-corrected chi connectivity index (χ2v) is 5.66. The van der Waals surface area contributed by atoms with E-state index in [-0.39, 0.29) is 0 Å². The van der Waals surface area contributed by atoms with Crippen molar-refractivity contribution in [2.75, 3.05) is 6.54 Å². The summed E-state index contributed by atoms with van der Waals surface area (Å²) < 4.78 is 0. The van der Waals surface area contributed by atoms with Crippen LogP contribution in [0.15, 0.2) is 24.3 Å². The van der Waals surface area contributed by atoms with Crippen LogP contribution < -0.4 is 5.32 Å². The summed E-state index contributed by atoms with van der Waals surface area (Å²) in [6.07, 6.45) is 9.59. The van der Waals surface area contributed by atoms with Crippen LogP contribution in [0.2, 0.25) is 0 Å². The van der Waals surface area contributed by atoms with Crippen molar-refractivity contribution in [2.45, 2.75) is 56.9 Å². The molecule has 17 heavy (non-hydrogen) atoms. The van der Waals surface area contributed by atoms with Crippen LogP contribution in [0, 0.1) is 0 Å². The number of benzene rings is 1. The third-order valence-corrected chi connectivity index (χ3v) is 4.25. The van der Waals surface area contributed by atoms with E-state index in [0.717, 1.165) is 12.0 Å². The first kappa shape index (κ1) is 11.3. The molecule has 2 aliphatic rings. The molecule has 1 atom stereocenters. The predicted molar refractivity (Wildman–Crippen MR) is 72.4 cm³/mol. The van der Waals surface area contributed by atoms with Crippen LogP contribution >= 0.6 is 0 Å². The molecule has 1 nitrogen and oxygen atoms in total. The lowest BCUT2D eigenvalue weighted by Gasteiger charge is -2.23. The lowest BCUT2D eigenvalue weighted by Crippen LogP contribution is -2.34. The highest BCUT2D eigenvalue weighted by Crippen LogP contribution is 2.41. The molecule has 0 amide bonds. The lowest BCUT2D eigenvalue weighted by atomic mass is 9.94. The minimum absolute atomic E-state index is 0.774. The lowest BCUT2D eigenvalue weighted by molar-refractivity contribution is 0.382. The maximum atomic E-state index is 3.65. The van der Waals surface area contributed by atoms with Gasteiger partial charge in [-0.1, -0.05) is 30.7 Å². The van der Waals surface area contributed by atoms with Gasteiger partial charge in [-0.25, -0.2) is 0 Å². The van der Waals surface area contributed by atoms with E-state index in [9.17, 15) is 0 Å². The fraction of sp³-hybridized carbons (Fsp3) is 0.625. The maximum absolute atomic E-state index is 3.65. The Morgan fingerprint density at radius 3 is 2.71 bits per heavy atom. The number of nitrogens with one attached hydrogen (secondary N) is 1. The number of piperidine rings is 1. The molecule has 1 aliphatic carbocycles. The van der Waals surface area contributed by atoms with Gasteiger partial charge in [-0.05, 0) is 62.1 Å². The first-order valence-corrected chi connectivity index (χ1v) is 7.24. The molecule has 2 fully saturated rings. The Kier molecular flexibility index (Phi) is 3.46. The molecule has 1 aromatic rings. The van der Waals surface area contributed by atoms with Crippen molar-refractivity contribution in [1.82, 2.24) is 5.32 Å². The summed E-state index contributed by atoms with van der Waals surface area (Å²) in [5.74, 6) is 0.894. The van der Waals surface area contributed by atoms with Gasteiger partial charge < -0.3 is 5.32 Å². The van der Waals surface area contributed by atoms with Gasteiger partial charge in [0.25, 0.3) is 0 Å². The molecule has 1 unspecified atom stereocenters. The van der Waals surface area contributed by atoms with Crippen LogP contribution in [-0.2, 0) is 6.42 Å². The number of aryl methyl sites for hydroxylation is 1. The number of rotatable bonds is 4. The van der Waals surface area contributed by atoms with Crippen molar-refractivity contribution in [2.24, 2.45) is 0 Å². The highest BCUT2D eigenvalue weighted by atomic mass is 14.9. The molecular weight excluding hydrogens is 206 g/mol. The van der Waals surface area contributed by atoms with E-state index in [4.69, 9.17) is 0 Å².